The summed E-state index contributed by atoms with van der Waals surface area (Å²) >= 11 is 0. The van der Waals surface area contributed by atoms with Crippen molar-refractivity contribution >= 4 is 24.3 Å². The van der Waals surface area contributed by atoms with Crippen LogP contribution in [0.3, 0.4) is 0 Å². The third kappa shape index (κ3) is 3.40. The number of benzene rings is 1. The Hall–Kier alpha value is -2.83. The van der Waals surface area contributed by atoms with E-state index in [0.29, 0.717) is 18.6 Å². The fourth-order valence-electron chi connectivity index (χ4n) is 2.34. The molecule has 0 bridgehead atoms. The molecule has 0 amide bonds. The first-order valence-corrected chi connectivity index (χ1v) is 7.36. The summed E-state index contributed by atoms with van der Waals surface area (Å²) in [4.78, 5) is 7.89. The Balaban J connectivity index is 2.81. The van der Waals surface area contributed by atoms with Gasteiger partial charge in [0.15, 0.2) is 0 Å². The summed E-state index contributed by atoms with van der Waals surface area (Å²) in [5.74, 6) is 0.0936. The van der Waals surface area contributed by atoms with E-state index in [4.69, 9.17) is 16.2 Å². The SMILES string of the molecule is CCCOc1c(B(O)O)cc(C)cc1-c1nc(N)nc(N)c1C#N. The molecule has 1 aromatic heterocycles. The Bertz CT molecular complexity index is 805. The average molecular weight is 327 g/mol. The fraction of sp³-hybridized carbons (Fsp3) is 0.267. The zero-order valence-corrected chi connectivity index (χ0v) is 13.4. The topological polar surface area (TPSA) is 151 Å². The van der Waals surface area contributed by atoms with Gasteiger partial charge in [0.1, 0.15) is 23.2 Å². The maximum absolute atomic E-state index is 9.66. The molecule has 6 N–H and O–H groups in total. The van der Waals surface area contributed by atoms with Crippen LogP contribution in [0.4, 0.5) is 11.8 Å². The molecule has 2 rings (SSSR count). The lowest BCUT2D eigenvalue weighted by atomic mass is 9.77. The van der Waals surface area contributed by atoms with Gasteiger partial charge in [0.25, 0.3) is 0 Å². The second-order valence-electron chi connectivity index (χ2n) is 5.26. The summed E-state index contributed by atoms with van der Waals surface area (Å²) in [5, 5.41) is 28.7. The quantitative estimate of drug-likeness (QED) is 0.558. The maximum Gasteiger partial charge on any atom is 0.492 e. The molecule has 0 spiro atoms. The highest BCUT2D eigenvalue weighted by molar-refractivity contribution is 6.60. The highest BCUT2D eigenvalue weighted by atomic mass is 16.5. The molecule has 0 radical (unpaired) electrons. The number of aromatic nitrogens is 2. The molecule has 0 unspecified atom stereocenters. The van der Waals surface area contributed by atoms with E-state index in [2.05, 4.69) is 9.97 Å². The number of nitrogen functional groups attached to an aromatic ring is 2. The third-order valence-electron chi connectivity index (χ3n) is 3.31. The first kappa shape index (κ1) is 17.5. The van der Waals surface area contributed by atoms with Crippen LogP contribution in [-0.4, -0.2) is 33.7 Å². The molecule has 124 valence electrons. The summed E-state index contributed by atoms with van der Waals surface area (Å²) in [6.45, 7) is 4.05. The largest absolute Gasteiger partial charge is 0.493 e. The minimum Gasteiger partial charge on any atom is -0.493 e. The van der Waals surface area contributed by atoms with Gasteiger partial charge in [0.2, 0.25) is 5.95 Å². The second kappa shape index (κ2) is 7.17. The van der Waals surface area contributed by atoms with Crippen LogP contribution in [0.1, 0.15) is 24.5 Å². The van der Waals surface area contributed by atoms with Gasteiger partial charge < -0.3 is 26.3 Å². The zero-order valence-electron chi connectivity index (χ0n) is 13.4. The van der Waals surface area contributed by atoms with Crippen LogP contribution in [0, 0.1) is 18.3 Å². The number of hydrogen-bond acceptors (Lipinski definition) is 8. The Morgan fingerprint density at radius 3 is 2.58 bits per heavy atom. The van der Waals surface area contributed by atoms with Crippen molar-refractivity contribution in [3.63, 3.8) is 0 Å². The second-order valence-corrected chi connectivity index (χ2v) is 5.26. The Labute approximate surface area is 139 Å². The van der Waals surface area contributed by atoms with Crippen molar-refractivity contribution in [1.29, 1.82) is 5.26 Å². The van der Waals surface area contributed by atoms with E-state index in [9.17, 15) is 15.3 Å². The van der Waals surface area contributed by atoms with Gasteiger partial charge >= 0.3 is 7.12 Å². The van der Waals surface area contributed by atoms with E-state index in [1.54, 1.807) is 19.1 Å². The van der Waals surface area contributed by atoms with E-state index in [-0.39, 0.29) is 34.2 Å². The number of ether oxygens (including phenoxy) is 1. The minimum absolute atomic E-state index is 0.0472. The number of nitrogens with two attached hydrogens (primary N) is 2. The molecule has 0 aliphatic heterocycles. The van der Waals surface area contributed by atoms with Gasteiger partial charge in [-0.15, -0.1) is 0 Å². The van der Waals surface area contributed by atoms with Crippen molar-refractivity contribution in [3.05, 3.63) is 23.3 Å². The van der Waals surface area contributed by atoms with Crippen molar-refractivity contribution in [2.75, 3.05) is 18.1 Å². The zero-order chi connectivity index (χ0) is 17.9. The molecule has 24 heavy (non-hydrogen) atoms. The molecule has 8 nitrogen and oxygen atoms in total. The Kier molecular flexibility index (Phi) is 5.23. The predicted octanol–water partition coefficient (Wildman–Crippen LogP) is -0.0433. The van der Waals surface area contributed by atoms with Crippen molar-refractivity contribution in [3.8, 4) is 23.1 Å². The molecule has 1 heterocycles. The minimum atomic E-state index is -1.74. The van der Waals surface area contributed by atoms with Crippen LogP contribution < -0.4 is 21.7 Å². The molecule has 0 fully saturated rings. The highest BCUT2D eigenvalue weighted by Gasteiger charge is 2.25. The first-order chi connectivity index (χ1) is 11.4. The van der Waals surface area contributed by atoms with Gasteiger partial charge in [-0.25, -0.2) is 4.98 Å². The molecular weight excluding hydrogens is 309 g/mol. The number of rotatable bonds is 5. The molecule has 0 saturated heterocycles. The van der Waals surface area contributed by atoms with Gasteiger partial charge in [-0.2, -0.15) is 10.2 Å². The average Bonchev–Trinajstić information content (AvgIpc) is 2.52. The van der Waals surface area contributed by atoms with E-state index in [0.717, 1.165) is 5.56 Å². The molecule has 0 aliphatic rings. The summed E-state index contributed by atoms with van der Waals surface area (Å²) in [6, 6.07) is 5.27. The lowest BCUT2D eigenvalue weighted by molar-refractivity contribution is 0.319. The van der Waals surface area contributed by atoms with Crippen molar-refractivity contribution in [2.45, 2.75) is 20.3 Å². The maximum atomic E-state index is 9.66. The molecule has 0 atom stereocenters. The fourth-order valence-corrected chi connectivity index (χ4v) is 2.34. The van der Waals surface area contributed by atoms with E-state index < -0.39 is 7.12 Å². The van der Waals surface area contributed by atoms with Gasteiger partial charge in [-0.1, -0.05) is 18.6 Å². The Morgan fingerprint density at radius 2 is 2.00 bits per heavy atom. The first-order valence-electron chi connectivity index (χ1n) is 7.36. The van der Waals surface area contributed by atoms with E-state index in [1.807, 2.05) is 13.0 Å². The van der Waals surface area contributed by atoms with Crippen LogP contribution in [0.15, 0.2) is 12.1 Å². The number of aryl methyl sites for hydroxylation is 1. The molecule has 9 heteroatoms. The summed E-state index contributed by atoms with van der Waals surface area (Å²) in [7, 11) is -1.74. The van der Waals surface area contributed by atoms with Crippen LogP contribution in [0.2, 0.25) is 0 Å². The molecule has 1 aromatic carbocycles. The van der Waals surface area contributed by atoms with Gasteiger partial charge in [0, 0.05) is 11.0 Å². The smallest absolute Gasteiger partial charge is 0.492 e. The summed E-state index contributed by atoms with van der Waals surface area (Å²) in [5.41, 5.74) is 13.0. The molecule has 2 aromatic rings. The van der Waals surface area contributed by atoms with Gasteiger partial charge in [0.05, 0.1) is 12.3 Å². The molecule has 0 aliphatic carbocycles. The number of hydrogen-bond donors (Lipinski definition) is 4. The normalized spacial score (nSPS) is 10.3. The number of anilines is 2. The van der Waals surface area contributed by atoms with E-state index in [1.165, 1.54) is 0 Å². The summed E-state index contributed by atoms with van der Waals surface area (Å²) in [6.07, 6.45) is 0.716. The van der Waals surface area contributed by atoms with Crippen molar-refractivity contribution < 1.29 is 14.8 Å². The highest BCUT2D eigenvalue weighted by Crippen LogP contribution is 2.33. The summed E-state index contributed by atoms with van der Waals surface area (Å²) < 4.78 is 5.70. The number of nitriles is 1. The number of nitrogens with zero attached hydrogens (tertiary/aromatic N) is 3. The Morgan fingerprint density at radius 1 is 1.29 bits per heavy atom. The molecule has 0 saturated carbocycles. The molecular formula is C15H18BN5O3. The van der Waals surface area contributed by atoms with E-state index >= 15 is 0 Å². The van der Waals surface area contributed by atoms with Crippen LogP contribution in [-0.2, 0) is 0 Å². The van der Waals surface area contributed by atoms with Crippen LogP contribution >= 0.6 is 0 Å². The lowest BCUT2D eigenvalue weighted by Gasteiger charge is -2.17. The monoisotopic (exact) mass is 327 g/mol. The standard InChI is InChI=1S/C15H18BN5O3/c1-3-4-24-13-9(5-8(2)6-11(13)16(22)23)12-10(7-17)14(18)21-15(19)20-12/h5-6,22-23H,3-4H2,1-2H3,(H4,18,19,20,21). The van der Waals surface area contributed by atoms with Gasteiger partial charge in [-0.3, -0.25) is 0 Å². The lowest BCUT2D eigenvalue weighted by Crippen LogP contribution is -2.32. The van der Waals surface area contributed by atoms with Crippen LogP contribution in [0.5, 0.6) is 5.75 Å². The van der Waals surface area contributed by atoms with Crippen LogP contribution in [0.25, 0.3) is 11.3 Å². The van der Waals surface area contributed by atoms with Crippen molar-refractivity contribution in [2.24, 2.45) is 0 Å². The van der Waals surface area contributed by atoms with Crippen molar-refractivity contribution in [1.82, 2.24) is 9.97 Å². The van der Waals surface area contributed by atoms with Gasteiger partial charge in [-0.05, 0) is 19.4 Å². The predicted molar refractivity (Wildman–Crippen MR) is 91.4 cm³/mol. The third-order valence-corrected chi connectivity index (χ3v) is 3.31.